The van der Waals surface area contributed by atoms with Gasteiger partial charge in [0.1, 0.15) is 0 Å². The molecule has 0 atom stereocenters. The summed E-state index contributed by atoms with van der Waals surface area (Å²) in [7, 11) is 0. The molecule has 0 radical (unpaired) electrons. The van der Waals surface area contributed by atoms with E-state index in [1.165, 1.54) is 12.1 Å². The van der Waals surface area contributed by atoms with Gasteiger partial charge in [-0.05, 0) is 18.6 Å². The standard InChI is InChI=1S/C11H10F3NO4/c12-11(13,14)6-1-7-19-10(16)8-2-4-9(5-3-8)15(17)18/h2-5H,1,6-7H2. The lowest BCUT2D eigenvalue weighted by Gasteiger charge is -2.07. The van der Waals surface area contributed by atoms with E-state index in [2.05, 4.69) is 4.74 Å². The van der Waals surface area contributed by atoms with Crippen molar-refractivity contribution < 1.29 is 27.6 Å². The molecule has 0 bridgehead atoms. The highest BCUT2D eigenvalue weighted by Gasteiger charge is 2.26. The number of ether oxygens (including phenoxy) is 1. The summed E-state index contributed by atoms with van der Waals surface area (Å²) in [6, 6.07) is 4.60. The predicted molar refractivity (Wildman–Crippen MR) is 58.7 cm³/mol. The van der Waals surface area contributed by atoms with Crippen LogP contribution in [0.25, 0.3) is 0 Å². The van der Waals surface area contributed by atoms with Crippen LogP contribution < -0.4 is 0 Å². The molecule has 1 aromatic carbocycles. The second-order valence-corrected chi connectivity index (χ2v) is 3.66. The van der Waals surface area contributed by atoms with Crippen LogP contribution in [0.15, 0.2) is 24.3 Å². The fourth-order valence-electron chi connectivity index (χ4n) is 1.24. The number of nitro groups is 1. The first-order valence-electron chi connectivity index (χ1n) is 5.28. The van der Waals surface area contributed by atoms with Gasteiger partial charge >= 0.3 is 12.1 Å². The fraction of sp³-hybridized carbons (Fsp3) is 0.364. The molecule has 0 fully saturated rings. The van der Waals surface area contributed by atoms with Crippen molar-refractivity contribution in [2.24, 2.45) is 0 Å². The molecule has 0 aliphatic carbocycles. The SMILES string of the molecule is O=C(OCCCC(F)(F)F)c1ccc([N+](=O)[O-])cc1. The maximum Gasteiger partial charge on any atom is 0.389 e. The molecule has 0 saturated carbocycles. The monoisotopic (exact) mass is 277 g/mol. The highest BCUT2D eigenvalue weighted by Crippen LogP contribution is 2.21. The Bertz CT molecular complexity index is 456. The van der Waals surface area contributed by atoms with E-state index in [-0.39, 0.29) is 24.3 Å². The third-order valence-electron chi connectivity index (χ3n) is 2.15. The molecule has 104 valence electrons. The predicted octanol–water partition coefficient (Wildman–Crippen LogP) is 3.09. The van der Waals surface area contributed by atoms with Crippen molar-refractivity contribution >= 4 is 11.7 Å². The first-order valence-corrected chi connectivity index (χ1v) is 5.28. The number of esters is 1. The Balaban J connectivity index is 2.43. The lowest BCUT2D eigenvalue weighted by Crippen LogP contribution is -2.11. The molecular formula is C11H10F3NO4. The number of halogens is 3. The van der Waals surface area contributed by atoms with Crippen LogP contribution in [0.2, 0.25) is 0 Å². The van der Waals surface area contributed by atoms with Crippen molar-refractivity contribution in [3.8, 4) is 0 Å². The minimum absolute atomic E-state index is 0.0533. The number of rotatable bonds is 5. The highest BCUT2D eigenvalue weighted by molar-refractivity contribution is 5.89. The number of nitro benzene ring substituents is 1. The van der Waals surface area contributed by atoms with Crippen LogP contribution in [0.3, 0.4) is 0 Å². The smallest absolute Gasteiger partial charge is 0.389 e. The largest absolute Gasteiger partial charge is 0.462 e. The Labute approximate surface area is 106 Å². The van der Waals surface area contributed by atoms with Gasteiger partial charge in [-0.2, -0.15) is 13.2 Å². The normalized spacial score (nSPS) is 11.1. The average Bonchev–Trinajstić information content (AvgIpc) is 2.33. The number of non-ortho nitro benzene ring substituents is 1. The summed E-state index contributed by atoms with van der Waals surface area (Å²) < 4.78 is 40.1. The van der Waals surface area contributed by atoms with Gasteiger partial charge in [0.05, 0.1) is 17.1 Å². The van der Waals surface area contributed by atoms with Gasteiger partial charge in [-0.25, -0.2) is 4.79 Å². The zero-order valence-electron chi connectivity index (χ0n) is 9.64. The van der Waals surface area contributed by atoms with E-state index < -0.39 is 23.5 Å². The number of carbonyl (C=O) groups excluding carboxylic acids is 1. The fourth-order valence-corrected chi connectivity index (χ4v) is 1.24. The molecular weight excluding hydrogens is 267 g/mol. The van der Waals surface area contributed by atoms with Crippen LogP contribution in [-0.4, -0.2) is 23.7 Å². The van der Waals surface area contributed by atoms with Crippen LogP contribution in [-0.2, 0) is 4.74 Å². The van der Waals surface area contributed by atoms with Crippen LogP contribution in [0, 0.1) is 10.1 Å². The van der Waals surface area contributed by atoms with Gasteiger partial charge in [-0.15, -0.1) is 0 Å². The molecule has 19 heavy (non-hydrogen) atoms. The van der Waals surface area contributed by atoms with Crippen LogP contribution in [0.1, 0.15) is 23.2 Å². The number of carbonyl (C=O) groups is 1. The molecule has 0 aliphatic rings. The Morgan fingerprint density at radius 1 is 1.26 bits per heavy atom. The summed E-state index contributed by atoms with van der Waals surface area (Å²) >= 11 is 0. The molecule has 0 amide bonds. The molecule has 0 spiro atoms. The van der Waals surface area contributed by atoms with Gasteiger partial charge in [0, 0.05) is 18.6 Å². The Morgan fingerprint density at radius 3 is 2.32 bits per heavy atom. The second kappa shape index (κ2) is 6.17. The van der Waals surface area contributed by atoms with E-state index in [4.69, 9.17) is 0 Å². The van der Waals surface area contributed by atoms with E-state index in [9.17, 15) is 28.1 Å². The topological polar surface area (TPSA) is 69.4 Å². The number of hydrogen-bond donors (Lipinski definition) is 0. The molecule has 1 aromatic rings. The molecule has 1 rings (SSSR count). The van der Waals surface area contributed by atoms with Gasteiger partial charge in [-0.1, -0.05) is 0 Å². The number of benzene rings is 1. The van der Waals surface area contributed by atoms with Crippen molar-refractivity contribution in [3.63, 3.8) is 0 Å². The van der Waals surface area contributed by atoms with Crippen molar-refractivity contribution in [3.05, 3.63) is 39.9 Å². The van der Waals surface area contributed by atoms with Crippen LogP contribution >= 0.6 is 0 Å². The van der Waals surface area contributed by atoms with Gasteiger partial charge in [0.15, 0.2) is 0 Å². The molecule has 0 N–H and O–H groups in total. The first-order chi connectivity index (χ1) is 8.79. The molecule has 0 aliphatic heterocycles. The molecule has 5 nitrogen and oxygen atoms in total. The van der Waals surface area contributed by atoms with Gasteiger partial charge in [-0.3, -0.25) is 10.1 Å². The van der Waals surface area contributed by atoms with Crippen molar-refractivity contribution in [1.29, 1.82) is 0 Å². The quantitative estimate of drug-likeness (QED) is 0.359. The maximum absolute atomic E-state index is 11.8. The molecule has 0 heterocycles. The Hall–Kier alpha value is -2.12. The van der Waals surface area contributed by atoms with Crippen LogP contribution in [0.5, 0.6) is 0 Å². The van der Waals surface area contributed by atoms with E-state index in [1.54, 1.807) is 0 Å². The Morgan fingerprint density at radius 2 is 1.84 bits per heavy atom. The number of nitrogens with zero attached hydrogens (tertiary/aromatic N) is 1. The minimum Gasteiger partial charge on any atom is -0.462 e. The molecule has 0 saturated heterocycles. The zero-order valence-corrected chi connectivity index (χ0v) is 9.64. The average molecular weight is 277 g/mol. The van der Waals surface area contributed by atoms with E-state index in [0.29, 0.717) is 0 Å². The third kappa shape index (κ3) is 5.36. The van der Waals surface area contributed by atoms with Crippen molar-refractivity contribution in [1.82, 2.24) is 0 Å². The van der Waals surface area contributed by atoms with Crippen LogP contribution in [0.4, 0.5) is 18.9 Å². The molecule has 0 aromatic heterocycles. The minimum atomic E-state index is -4.28. The third-order valence-corrected chi connectivity index (χ3v) is 2.15. The highest BCUT2D eigenvalue weighted by atomic mass is 19.4. The zero-order chi connectivity index (χ0) is 14.5. The second-order valence-electron chi connectivity index (χ2n) is 3.66. The maximum atomic E-state index is 11.8. The van der Waals surface area contributed by atoms with E-state index in [1.807, 2.05) is 0 Å². The molecule has 0 unspecified atom stereocenters. The van der Waals surface area contributed by atoms with Gasteiger partial charge in [0.2, 0.25) is 0 Å². The lowest BCUT2D eigenvalue weighted by molar-refractivity contribution is -0.384. The summed E-state index contributed by atoms with van der Waals surface area (Å²) in [6.45, 7) is -0.352. The summed E-state index contributed by atoms with van der Waals surface area (Å²) in [6.07, 6.45) is -5.62. The summed E-state index contributed by atoms with van der Waals surface area (Å²) in [5, 5.41) is 10.4. The summed E-state index contributed by atoms with van der Waals surface area (Å²) in [4.78, 5) is 21.1. The first kappa shape index (κ1) is 14.9. The number of hydrogen-bond acceptors (Lipinski definition) is 4. The lowest BCUT2D eigenvalue weighted by atomic mass is 10.2. The summed E-state index contributed by atoms with van der Waals surface area (Å²) in [5.74, 6) is -0.808. The number of alkyl halides is 3. The van der Waals surface area contributed by atoms with E-state index >= 15 is 0 Å². The van der Waals surface area contributed by atoms with Crippen molar-refractivity contribution in [2.75, 3.05) is 6.61 Å². The molecule has 8 heteroatoms. The van der Waals surface area contributed by atoms with Gasteiger partial charge in [0.25, 0.3) is 5.69 Å². The van der Waals surface area contributed by atoms with E-state index in [0.717, 1.165) is 12.1 Å². The van der Waals surface area contributed by atoms with Gasteiger partial charge < -0.3 is 4.74 Å². The Kier molecular flexibility index (Phi) is 4.85. The summed E-state index contributed by atoms with van der Waals surface area (Å²) in [5.41, 5.74) is -0.133. The van der Waals surface area contributed by atoms with Crippen molar-refractivity contribution in [2.45, 2.75) is 19.0 Å².